The molecule has 2 aromatic rings. The molecule has 0 aliphatic carbocycles. The third-order valence-electron chi connectivity index (χ3n) is 2.37. The molecule has 19 heavy (non-hydrogen) atoms. The molecule has 0 aliphatic heterocycles. The fourth-order valence-electron chi connectivity index (χ4n) is 1.51. The van der Waals surface area contributed by atoms with Crippen molar-refractivity contribution in [3.8, 4) is 11.5 Å². The summed E-state index contributed by atoms with van der Waals surface area (Å²) in [7, 11) is 0. The van der Waals surface area contributed by atoms with Crippen molar-refractivity contribution >= 4 is 11.6 Å². The summed E-state index contributed by atoms with van der Waals surface area (Å²) >= 11 is 0. The number of hydrogen-bond acceptors (Lipinski definition) is 4. The van der Waals surface area contributed by atoms with E-state index in [9.17, 15) is 14.9 Å². The molecule has 96 valence electrons. The standard InChI is InChI=1S/C13H10N2O4/c14-13(16)9-6-10(15(17)18)8-12(7-9)19-11-4-2-1-3-5-11/h1-8H,(H2,14,16). The largest absolute Gasteiger partial charge is 0.457 e. The number of non-ortho nitro benzene ring substituents is 1. The van der Waals surface area contributed by atoms with E-state index < -0.39 is 10.8 Å². The zero-order valence-electron chi connectivity index (χ0n) is 9.78. The molecule has 6 nitrogen and oxygen atoms in total. The number of primary amides is 1. The number of carbonyl (C=O) groups is 1. The van der Waals surface area contributed by atoms with Gasteiger partial charge in [0.2, 0.25) is 5.91 Å². The van der Waals surface area contributed by atoms with E-state index in [1.165, 1.54) is 12.1 Å². The quantitative estimate of drug-likeness (QED) is 0.673. The monoisotopic (exact) mass is 258 g/mol. The smallest absolute Gasteiger partial charge is 0.273 e. The number of nitro benzene ring substituents is 1. The van der Waals surface area contributed by atoms with Crippen molar-refractivity contribution in [2.24, 2.45) is 5.73 Å². The maximum absolute atomic E-state index is 11.1. The third-order valence-corrected chi connectivity index (χ3v) is 2.37. The van der Waals surface area contributed by atoms with Gasteiger partial charge in [-0.15, -0.1) is 0 Å². The number of rotatable bonds is 4. The van der Waals surface area contributed by atoms with Gasteiger partial charge in [0, 0.05) is 11.6 Å². The molecule has 0 atom stereocenters. The maximum Gasteiger partial charge on any atom is 0.273 e. The molecule has 0 aliphatic rings. The molecule has 1 amide bonds. The van der Waals surface area contributed by atoms with E-state index >= 15 is 0 Å². The molecule has 2 rings (SSSR count). The van der Waals surface area contributed by atoms with Crippen molar-refractivity contribution in [3.63, 3.8) is 0 Å². The summed E-state index contributed by atoms with van der Waals surface area (Å²) in [6, 6.07) is 12.5. The lowest BCUT2D eigenvalue weighted by Crippen LogP contribution is -2.11. The zero-order chi connectivity index (χ0) is 13.8. The predicted octanol–water partition coefficient (Wildman–Crippen LogP) is 2.49. The second kappa shape index (κ2) is 5.18. The molecular formula is C13H10N2O4. The number of nitrogens with zero attached hydrogens (tertiary/aromatic N) is 1. The summed E-state index contributed by atoms with van der Waals surface area (Å²) in [6.07, 6.45) is 0. The normalized spacial score (nSPS) is 9.89. The molecule has 0 aromatic heterocycles. The first-order valence-electron chi connectivity index (χ1n) is 5.38. The van der Waals surface area contributed by atoms with Crippen molar-refractivity contribution < 1.29 is 14.5 Å². The van der Waals surface area contributed by atoms with E-state index in [1.54, 1.807) is 24.3 Å². The Morgan fingerprint density at radius 1 is 1.11 bits per heavy atom. The zero-order valence-corrected chi connectivity index (χ0v) is 9.78. The van der Waals surface area contributed by atoms with Crippen LogP contribution in [-0.2, 0) is 0 Å². The summed E-state index contributed by atoms with van der Waals surface area (Å²) in [4.78, 5) is 21.3. The van der Waals surface area contributed by atoms with Crippen LogP contribution in [0, 0.1) is 10.1 Å². The molecule has 2 aromatic carbocycles. The van der Waals surface area contributed by atoms with Crippen LogP contribution in [0.25, 0.3) is 0 Å². The Morgan fingerprint density at radius 3 is 2.37 bits per heavy atom. The molecular weight excluding hydrogens is 248 g/mol. The van der Waals surface area contributed by atoms with Crippen molar-refractivity contribution in [1.29, 1.82) is 0 Å². The van der Waals surface area contributed by atoms with Gasteiger partial charge in [-0.05, 0) is 18.2 Å². The average molecular weight is 258 g/mol. The Bertz CT molecular complexity index is 594. The number of hydrogen-bond donors (Lipinski definition) is 1. The Morgan fingerprint density at radius 2 is 1.79 bits per heavy atom. The van der Waals surface area contributed by atoms with Crippen LogP contribution >= 0.6 is 0 Å². The van der Waals surface area contributed by atoms with E-state index in [-0.39, 0.29) is 17.0 Å². The fraction of sp³-hybridized carbons (Fsp3) is 0. The van der Waals surface area contributed by atoms with Gasteiger partial charge in [-0.1, -0.05) is 18.2 Å². The second-order valence-electron chi connectivity index (χ2n) is 3.75. The summed E-state index contributed by atoms with van der Waals surface area (Å²) in [5.41, 5.74) is 4.91. The topological polar surface area (TPSA) is 95.5 Å². The highest BCUT2D eigenvalue weighted by Gasteiger charge is 2.13. The van der Waals surface area contributed by atoms with E-state index in [0.29, 0.717) is 5.75 Å². The highest BCUT2D eigenvalue weighted by atomic mass is 16.6. The van der Waals surface area contributed by atoms with Gasteiger partial charge in [-0.3, -0.25) is 14.9 Å². The van der Waals surface area contributed by atoms with Crippen molar-refractivity contribution in [2.45, 2.75) is 0 Å². The van der Waals surface area contributed by atoms with Crippen molar-refractivity contribution in [3.05, 3.63) is 64.2 Å². The second-order valence-corrected chi connectivity index (χ2v) is 3.75. The van der Waals surface area contributed by atoms with Gasteiger partial charge in [-0.2, -0.15) is 0 Å². The summed E-state index contributed by atoms with van der Waals surface area (Å²) in [5.74, 6) is -0.0470. The van der Waals surface area contributed by atoms with Gasteiger partial charge in [-0.25, -0.2) is 0 Å². The number of carbonyl (C=O) groups excluding carboxylic acids is 1. The summed E-state index contributed by atoms with van der Waals surface area (Å²) in [5, 5.41) is 10.8. The first-order chi connectivity index (χ1) is 9.06. The number of benzene rings is 2. The van der Waals surface area contributed by atoms with E-state index in [4.69, 9.17) is 10.5 Å². The number of ether oxygens (including phenoxy) is 1. The van der Waals surface area contributed by atoms with Crippen LogP contribution in [0.15, 0.2) is 48.5 Å². The first kappa shape index (κ1) is 12.6. The van der Waals surface area contributed by atoms with E-state index in [1.807, 2.05) is 6.07 Å². The first-order valence-corrected chi connectivity index (χ1v) is 5.38. The highest BCUT2D eigenvalue weighted by molar-refractivity contribution is 5.94. The number of nitrogens with two attached hydrogens (primary N) is 1. The minimum atomic E-state index is -0.749. The average Bonchev–Trinajstić information content (AvgIpc) is 2.39. The molecule has 0 saturated carbocycles. The Hall–Kier alpha value is -2.89. The lowest BCUT2D eigenvalue weighted by Gasteiger charge is -2.06. The van der Waals surface area contributed by atoms with Gasteiger partial charge in [0.1, 0.15) is 11.5 Å². The van der Waals surface area contributed by atoms with Crippen LogP contribution < -0.4 is 10.5 Å². The van der Waals surface area contributed by atoms with Gasteiger partial charge >= 0.3 is 0 Å². The molecule has 0 saturated heterocycles. The molecule has 0 radical (unpaired) electrons. The molecule has 0 bridgehead atoms. The Kier molecular flexibility index (Phi) is 3.42. The maximum atomic E-state index is 11.1. The van der Waals surface area contributed by atoms with Crippen LogP contribution in [0.3, 0.4) is 0 Å². The molecule has 2 N–H and O–H groups in total. The number of amides is 1. The van der Waals surface area contributed by atoms with Crippen molar-refractivity contribution in [1.82, 2.24) is 0 Å². The van der Waals surface area contributed by atoms with E-state index in [0.717, 1.165) is 6.07 Å². The summed E-state index contributed by atoms with van der Waals surface area (Å²) < 4.78 is 5.45. The van der Waals surface area contributed by atoms with Crippen LogP contribution in [0.1, 0.15) is 10.4 Å². The fourth-order valence-corrected chi connectivity index (χ4v) is 1.51. The molecule has 0 fully saturated rings. The summed E-state index contributed by atoms with van der Waals surface area (Å²) in [6.45, 7) is 0. The van der Waals surface area contributed by atoms with Gasteiger partial charge in [0.25, 0.3) is 5.69 Å². The molecule has 0 unspecified atom stereocenters. The lowest BCUT2D eigenvalue weighted by molar-refractivity contribution is -0.384. The van der Waals surface area contributed by atoms with Crippen LogP contribution in [0.4, 0.5) is 5.69 Å². The van der Waals surface area contributed by atoms with E-state index in [2.05, 4.69) is 0 Å². The molecule has 0 heterocycles. The van der Waals surface area contributed by atoms with Gasteiger partial charge in [0.15, 0.2) is 0 Å². The van der Waals surface area contributed by atoms with Crippen LogP contribution in [0.5, 0.6) is 11.5 Å². The number of para-hydroxylation sites is 1. The number of nitro groups is 1. The molecule has 0 spiro atoms. The van der Waals surface area contributed by atoms with Crippen molar-refractivity contribution in [2.75, 3.05) is 0 Å². The minimum absolute atomic E-state index is 0.0279. The van der Waals surface area contributed by atoms with Gasteiger partial charge < -0.3 is 10.5 Å². The van der Waals surface area contributed by atoms with Crippen LogP contribution in [-0.4, -0.2) is 10.8 Å². The minimum Gasteiger partial charge on any atom is -0.457 e. The highest BCUT2D eigenvalue weighted by Crippen LogP contribution is 2.27. The SMILES string of the molecule is NC(=O)c1cc(Oc2ccccc2)cc([N+](=O)[O-])c1. The van der Waals surface area contributed by atoms with Crippen LogP contribution in [0.2, 0.25) is 0 Å². The van der Waals surface area contributed by atoms with Gasteiger partial charge in [0.05, 0.1) is 11.0 Å². The predicted molar refractivity (Wildman–Crippen MR) is 68.1 cm³/mol. The lowest BCUT2D eigenvalue weighted by atomic mass is 10.2. The third kappa shape index (κ3) is 3.06. The Balaban J connectivity index is 2.39. The molecule has 6 heteroatoms. The Labute approximate surface area is 108 Å².